The number of hydrogen-bond acceptors (Lipinski definition) is 3. The second kappa shape index (κ2) is 4.80. The van der Waals surface area contributed by atoms with E-state index in [0.29, 0.717) is 0 Å². The molecule has 72 valence electrons. The molecule has 0 aromatic rings. The SMILES string of the molecule is COCCNC1(C)CCOCC1. The molecular formula is C9H19NO2. The van der Waals surface area contributed by atoms with Crippen LogP contribution in [0, 0.1) is 0 Å². The van der Waals surface area contributed by atoms with Crippen molar-refractivity contribution in [1.82, 2.24) is 5.32 Å². The molecule has 0 aliphatic carbocycles. The van der Waals surface area contributed by atoms with Crippen molar-refractivity contribution >= 4 is 0 Å². The van der Waals surface area contributed by atoms with Gasteiger partial charge in [-0.1, -0.05) is 0 Å². The van der Waals surface area contributed by atoms with Crippen molar-refractivity contribution in [3.8, 4) is 0 Å². The Morgan fingerprint density at radius 3 is 2.67 bits per heavy atom. The van der Waals surface area contributed by atoms with Gasteiger partial charge in [0.1, 0.15) is 0 Å². The Morgan fingerprint density at radius 1 is 1.42 bits per heavy atom. The summed E-state index contributed by atoms with van der Waals surface area (Å²) in [6.45, 7) is 5.75. The Kier molecular flexibility index (Phi) is 3.98. The van der Waals surface area contributed by atoms with Gasteiger partial charge in [-0.15, -0.1) is 0 Å². The summed E-state index contributed by atoms with van der Waals surface area (Å²) in [6, 6.07) is 0. The van der Waals surface area contributed by atoms with Crippen molar-refractivity contribution in [3.63, 3.8) is 0 Å². The average molecular weight is 173 g/mol. The summed E-state index contributed by atoms with van der Waals surface area (Å²) in [5.41, 5.74) is 0.275. The van der Waals surface area contributed by atoms with E-state index in [-0.39, 0.29) is 5.54 Å². The minimum absolute atomic E-state index is 0.275. The Bertz CT molecular complexity index is 122. The molecule has 1 rings (SSSR count). The lowest BCUT2D eigenvalue weighted by atomic mass is 9.93. The summed E-state index contributed by atoms with van der Waals surface area (Å²) < 4.78 is 10.3. The van der Waals surface area contributed by atoms with Crippen molar-refractivity contribution in [3.05, 3.63) is 0 Å². The highest BCUT2D eigenvalue weighted by Gasteiger charge is 2.25. The maximum atomic E-state index is 5.30. The van der Waals surface area contributed by atoms with Crippen LogP contribution in [0.25, 0.3) is 0 Å². The van der Waals surface area contributed by atoms with Crippen LogP contribution in [-0.2, 0) is 9.47 Å². The van der Waals surface area contributed by atoms with Gasteiger partial charge in [0.25, 0.3) is 0 Å². The molecule has 0 amide bonds. The first-order valence-electron chi connectivity index (χ1n) is 4.58. The highest BCUT2D eigenvalue weighted by Crippen LogP contribution is 2.18. The fourth-order valence-corrected chi connectivity index (χ4v) is 1.45. The first-order valence-corrected chi connectivity index (χ1v) is 4.58. The molecule has 12 heavy (non-hydrogen) atoms. The predicted molar refractivity (Wildman–Crippen MR) is 48.3 cm³/mol. The molecule has 0 radical (unpaired) electrons. The molecular weight excluding hydrogens is 154 g/mol. The summed E-state index contributed by atoms with van der Waals surface area (Å²) in [6.07, 6.45) is 2.22. The third-order valence-electron chi connectivity index (χ3n) is 2.45. The van der Waals surface area contributed by atoms with Crippen LogP contribution in [0.1, 0.15) is 19.8 Å². The van der Waals surface area contributed by atoms with E-state index in [2.05, 4.69) is 12.2 Å². The molecule has 1 aliphatic rings. The first kappa shape index (κ1) is 9.96. The quantitative estimate of drug-likeness (QED) is 0.638. The molecule has 1 aliphatic heterocycles. The fourth-order valence-electron chi connectivity index (χ4n) is 1.45. The van der Waals surface area contributed by atoms with Gasteiger partial charge >= 0.3 is 0 Å². The molecule has 3 heteroatoms. The van der Waals surface area contributed by atoms with Crippen LogP contribution in [0.2, 0.25) is 0 Å². The van der Waals surface area contributed by atoms with Gasteiger partial charge in [0.15, 0.2) is 0 Å². The van der Waals surface area contributed by atoms with E-state index in [1.54, 1.807) is 7.11 Å². The van der Waals surface area contributed by atoms with Crippen molar-refractivity contribution in [1.29, 1.82) is 0 Å². The molecule has 0 spiro atoms. The highest BCUT2D eigenvalue weighted by molar-refractivity contribution is 4.84. The molecule has 1 fully saturated rings. The number of ether oxygens (including phenoxy) is 2. The van der Waals surface area contributed by atoms with Crippen molar-refractivity contribution in [2.24, 2.45) is 0 Å². The maximum Gasteiger partial charge on any atom is 0.0587 e. The lowest BCUT2D eigenvalue weighted by Crippen LogP contribution is -2.47. The molecule has 0 aromatic heterocycles. The summed E-state index contributed by atoms with van der Waals surface area (Å²) in [5, 5.41) is 3.49. The van der Waals surface area contributed by atoms with E-state index < -0.39 is 0 Å². The van der Waals surface area contributed by atoms with E-state index in [4.69, 9.17) is 9.47 Å². The highest BCUT2D eigenvalue weighted by atomic mass is 16.5. The zero-order valence-corrected chi connectivity index (χ0v) is 8.06. The van der Waals surface area contributed by atoms with Crippen molar-refractivity contribution in [2.45, 2.75) is 25.3 Å². The molecule has 0 bridgehead atoms. The minimum Gasteiger partial charge on any atom is -0.383 e. The van der Waals surface area contributed by atoms with Crippen LogP contribution in [0.5, 0.6) is 0 Å². The van der Waals surface area contributed by atoms with Crippen LogP contribution in [-0.4, -0.2) is 39.0 Å². The minimum atomic E-state index is 0.275. The molecule has 0 unspecified atom stereocenters. The normalized spacial score (nSPS) is 22.5. The van der Waals surface area contributed by atoms with Gasteiger partial charge in [0, 0.05) is 32.4 Å². The third kappa shape index (κ3) is 3.09. The van der Waals surface area contributed by atoms with Crippen LogP contribution in [0.4, 0.5) is 0 Å². The van der Waals surface area contributed by atoms with Gasteiger partial charge in [-0.05, 0) is 19.8 Å². The summed E-state index contributed by atoms with van der Waals surface area (Å²) in [4.78, 5) is 0. The average Bonchev–Trinajstić information content (AvgIpc) is 2.06. The number of methoxy groups -OCH3 is 1. The lowest BCUT2D eigenvalue weighted by Gasteiger charge is -2.34. The molecule has 0 saturated carbocycles. The second-order valence-electron chi connectivity index (χ2n) is 3.59. The number of hydrogen-bond donors (Lipinski definition) is 1. The number of rotatable bonds is 4. The van der Waals surface area contributed by atoms with Crippen molar-refractivity contribution in [2.75, 3.05) is 33.5 Å². The largest absolute Gasteiger partial charge is 0.383 e. The Morgan fingerprint density at radius 2 is 2.08 bits per heavy atom. The van der Waals surface area contributed by atoms with Gasteiger partial charge in [-0.2, -0.15) is 0 Å². The Hall–Kier alpha value is -0.120. The Labute approximate surface area is 74.4 Å². The fraction of sp³-hybridized carbons (Fsp3) is 1.00. The van der Waals surface area contributed by atoms with Crippen LogP contribution >= 0.6 is 0 Å². The molecule has 1 saturated heterocycles. The van der Waals surface area contributed by atoms with Gasteiger partial charge < -0.3 is 14.8 Å². The zero-order chi connectivity index (χ0) is 8.86. The predicted octanol–water partition coefficient (Wildman–Crippen LogP) is 0.791. The number of nitrogens with one attached hydrogen (secondary N) is 1. The topological polar surface area (TPSA) is 30.5 Å². The van der Waals surface area contributed by atoms with E-state index >= 15 is 0 Å². The van der Waals surface area contributed by atoms with E-state index in [0.717, 1.165) is 39.2 Å². The molecule has 1 N–H and O–H groups in total. The van der Waals surface area contributed by atoms with E-state index in [1.807, 2.05) is 0 Å². The summed E-state index contributed by atoms with van der Waals surface area (Å²) in [7, 11) is 1.73. The molecule has 1 heterocycles. The molecule has 0 aromatic carbocycles. The standard InChI is InChI=1S/C9H19NO2/c1-9(10-5-8-11-2)3-6-12-7-4-9/h10H,3-8H2,1-2H3. The summed E-state index contributed by atoms with van der Waals surface area (Å²) >= 11 is 0. The van der Waals surface area contributed by atoms with Crippen LogP contribution in [0.3, 0.4) is 0 Å². The smallest absolute Gasteiger partial charge is 0.0587 e. The third-order valence-corrected chi connectivity index (χ3v) is 2.45. The monoisotopic (exact) mass is 173 g/mol. The van der Waals surface area contributed by atoms with Crippen LogP contribution < -0.4 is 5.32 Å². The molecule has 3 nitrogen and oxygen atoms in total. The van der Waals surface area contributed by atoms with Gasteiger partial charge in [0.2, 0.25) is 0 Å². The van der Waals surface area contributed by atoms with Crippen LogP contribution in [0.15, 0.2) is 0 Å². The van der Waals surface area contributed by atoms with Gasteiger partial charge in [-0.3, -0.25) is 0 Å². The van der Waals surface area contributed by atoms with E-state index in [9.17, 15) is 0 Å². The first-order chi connectivity index (χ1) is 5.77. The summed E-state index contributed by atoms with van der Waals surface area (Å²) in [5.74, 6) is 0. The Balaban J connectivity index is 2.17. The van der Waals surface area contributed by atoms with Crippen molar-refractivity contribution < 1.29 is 9.47 Å². The maximum absolute atomic E-state index is 5.30. The molecule has 0 atom stereocenters. The zero-order valence-electron chi connectivity index (χ0n) is 8.06. The van der Waals surface area contributed by atoms with Gasteiger partial charge in [0.05, 0.1) is 6.61 Å². The second-order valence-corrected chi connectivity index (χ2v) is 3.59. The van der Waals surface area contributed by atoms with E-state index in [1.165, 1.54) is 0 Å². The lowest BCUT2D eigenvalue weighted by molar-refractivity contribution is 0.0424. The van der Waals surface area contributed by atoms with Gasteiger partial charge in [-0.25, -0.2) is 0 Å².